The van der Waals surface area contributed by atoms with E-state index in [2.05, 4.69) is 57.6 Å². The van der Waals surface area contributed by atoms with Crippen LogP contribution in [0, 0.1) is 10.8 Å². The summed E-state index contributed by atoms with van der Waals surface area (Å²) in [6.07, 6.45) is 3.97. The summed E-state index contributed by atoms with van der Waals surface area (Å²) in [6, 6.07) is 27.8. The topological polar surface area (TPSA) is 407 Å². The maximum absolute atomic E-state index is 15.4. The molecule has 1 aromatic heterocycles. The Hall–Kier alpha value is -11.6. The molecule has 7 aromatic rings. The second kappa shape index (κ2) is 38.9. The van der Waals surface area contributed by atoms with Crippen molar-refractivity contribution in [2.24, 2.45) is 10.8 Å². The number of carboxylic acid groups (broad SMARTS) is 1. The molecule has 10 bridgehead atoms. The van der Waals surface area contributed by atoms with Gasteiger partial charge in [0.15, 0.2) is 0 Å². The maximum Gasteiger partial charge on any atom is 0.326 e. The van der Waals surface area contributed by atoms with Gasteiger partial charge < -0.3 is 76.4 Å². The van der Waals surface area contributed by atoms with Gasteiger partial charge in [0.2, 0.25) is 57.3 Å². The highest BCUT2D eigenvalue weighted by molar-refractivity contribution is 7.91. The minimum Gasteiger partial charge on any atom is -0.497 e. The van der Waals surface area contributed by atoms with Crippen LogP contribution in [0.4, 0.5) is 0 Å². The highest BCUT2D eigenvalue weighted by Gasteiger charge is 2.49. The molecule has 634 valence electrons. The lowest BCUT2D eigenvalue weighted by atomic mass is 9.85. The summed E-state index contributed by atoms with van der Waals surface area (Å²) in [5.74, 6) is -6.42. The van der Waals surface area contributed by atoms with E-state index < -0.39 is 158 Å². The van der Waals surface area contributed by atoms with Crippen molar-refractivity contribution in [1.82, 2.24) is 72.1 Å². The molecule has 7 heterocycles. The van der Waals surface area contributed by atoms with Crippen LogP contribution >= 0.6 is 0 Å². The molecule has 3 unspecified atom stereocenters. The Kier molecular flexibility index (Phi) is 28.8. The molecule has 2 saturated heterocycles. The molecule has 1 aliphatic carbocycles. The van der Waals surface area contributed by atoms with Crippen molar-refractivity contribution in [3.05, 3.63) is 186 Å². The fourth-order valence-electron chi connectivity index (χ4n) is 14.5. The predicted molar refractivity (Wildman–Crippen MR) is 443 cm³/mol. The van der Waals surface area contributed by atoms with E-state index in [9.17, 15) is 37.5 Å². The van der Waals surface area contributed by atoms with Crippen molar-refractivity contribution < 1.29 is 80.4 Å². The number of rotatable bonds is 18. The van der Waals surface area contributed by atoms with Gasteiger partial charge in [0.05, 0.1) is 49.4 Å². The SMILES string of the molecule is CN[C@@H](C)C(=O)N[C@H](C(=O)N1CC2CC1C(=O)N[C@@H](Cc1ccc(-c3cccc(OC)c3)cc1)C(=O)NC(C(=O)NS(=O)(=O)C1CC1)Cc1ccc(cc1)OCc1cn(nn1)[C@H]1C[C@@H](C(=O)N[C@@H](Cc3ccc4ccccc4c3)C(=O)N[C@H](C(=O)O)Cc3ccc(cc3)OC/C=C/CO2)N(C(=O)[C@@H](NC(=O)[C@H](C)NC)C(C)(C)C)C1)C(C)(C)C. The molecule has 31 nitrogen and oxygen atoms in total. The molecule has 1 saturated carbocycles. The number of carboxylic acids is 1. The zero-order valence-corrected chi connectivity index (χ0v) is 69.6. The summed E-state index contributed by atoms with van der Waals surface area (Å²) < 4.78 is 55.0. The number of carbonyl (C=O) groups is 10. The van der Waals surface area contributed by atoms with Crippen molar-refractivity contribution in [1.29, 1.82) is 0 Å². The first-order chi connectivity index (χ1) is 56.6. The zero-order chi connectivity index (χ0) is 85.6. The summed E-state index contributed by atoms with van der Waals surface area (Å²) >= 11 is 0. The third-order valence-corrected chi connectivity index (χ3v) is 23.8. The number of aliphatic carboxylic acids is 1. The molecular weight excluding hydrogens is 1550 g/mol. The molecular formula is C87H108N14O17S. The predicted octanol–water partition coefficient (Wildman–Crippen LogP) is 4.94. The van der Waals surface area contributed by atoms with Gasteiger partial charge >= 0.3 is 5.97 Å². The number of fused-ring (bicyclic) bond motifs is 1. The first-order valence-corrected chi connectivity index (χ1v) is 41.6. The molecule has 14 rings (SSSR count). The highest BCUT2D eigenvalue weighted by Crippen LogP contribution is 2.34. The van der Waals surface area contributed by atoms with E-state index in [1.807, 2.05) is 78.9 Å². The molecule has 7 aliphatic rings. The van der Waals surface area contributed by atoms with Crippen LogP contribution in [0.2, 0.25) is 0 Å². The van der Waals surface area contributed by atoms with E-state index in [0.29, 0.717) is 58.0 Å². The number of amides is 9. The van der Waals surface area contributed by atoms with Gasteiger partial charge in [-0.25, -0.2) is 17.9 Å². The van der Waals surface area contributed by atoms with E-state index in [4.69, 9.17) is 18.9 Å². The summed E-state index contributed by atoms with van der Waals surface area (Å²) in [4.78, 5) is 149. The van der Waals surface area contributed by atoms with Crippen LogP contribution in [0.15, 0.2) is 158 Å². The fourth-order valence-corrected chi connectivity index (χ4v) is 15.8. The maximum atomic E-state index is 15.4. The molecule has 32 heteroatoms. The smallest absolute Gasteiger partial charge is 0.326 e. The number of likely N-dealkylation sites (tertiary alicyclic amines) is 2. The number of carbonyl (C=O) groups excluding carboxylic acids is 9. The molecule has 6 aliphatic heterocycles. The van der Waals surface area contributed by atoms with Crippen LogP contribution in [0.25, 0.3) is 21.9 Å². The Morgan fingerprint density at radius 3 is 1.71 bits per heavy atom. The normalized spacial score (nSPS) is 22.1. The van der Waals surface area contributed by atoms with Crippen LogP contribution in [0.1, 0.15) is 115 Å². The molecule has 12 atom stereocenters. The van der Waals surface area contributed by atoms with Gasteiger partial charge in [-0.05, 0) is 138 Å². The average Bonchev–Trinajstić information content (AvgIpc) is 1.66. The van der Waals surface area contributed by atoms with Gasteiger partial charge in [0, 0.05) is 51.6 Å². The minimum atomic E-state index is -4.20. The lowest BCUT2D eigenvalue weighted by Gasteiger charge is -2.36. The zero-order valence-electron chi connectivity index (χ0n) is 68.8. The molecule has 6 aromatic carbocycles. The average molecular weight is 1650 g/mol. The largest absolute Gasteiger partial charge is 0.497 e. The van der Waals surface area contributed by atoms with E-state index in [1.54, 1.807) is 156 Å². The number of hydrogen-bond donors (Lipinski definition) is 10. The number of benzene rings is 6. The molecule has 0 radical (unpaired) electrons. The number of ether oxygens (including phenoxy) is 4. The van der Waals surface area contributed by atoms with Crippen molar-refractivity contribution >= 4 is 79.9 Å². The van der Waals surface area contributed by atoms with E-state index >= 15 is 24.0 Å². The third kappa shape index (κ3) is 23.2. The van der Waals surface area contributed by atoms with Gasteiger partial charge in [-0.15, -0.1) is 5.10 Å². The quantitative estimate of drug-likeness (QED) is 0.0508. The Labute approximate surface area is 692 Å². The van der Waals surface area contributed by atoms with Crippen LogP contribution < -0.4 is 61.5 Å². The lowest BCUT2D eigenvalue weighted by molar-refractivity contribution is -0.145. The van der Waals surface area contributed by atoms with Crippen LogP contribution in [0.5, 0.6) is 17.2 Å². The van der Waals surface area contributed by atoms with Gasteiger partial charge in [-0.1, -0.05) is 156 Å². The minimum absolute atomic E-state index is 0.0252. The van der Waals surface area contributed by atoms with Crippen LogP contribution in [-0.2, 0) is 95.0 Å². The number of nitrogens with one attached hydrogen (secondary N) is 9. The van der Waals surface area contributed by atoms with Gasteiger partial charge in [0.25, 0.3) is 5.91 Å². The fraction of sp³-hybridized carbons (Fsp3) is 0.448. The Morgan fingerprint density at radius 1 is 0.597 bits per heavy atom. The summed E-state index contributed by atoms with van der Waals surface area (Å²) in [6.45, 7) is 13.5. The first kappa shape index (κ1) is 88.2. The number of sulfonamides is 1. The second-order valence-electron chi connectivity index (χ2n) is 33.0. The Morgan fingerprint density at radius 2 is 1.13 bits per heavy atom. The molecule has 10 N–H and O–H groups in total. The van der Waals surface area contributed by atoms with E-state index in [1.165, 1.54) is 14.5 Å². The number of aromatic nitrogens is 3. The van der Waals surface area contributed by atoms with Gasteiger partial charge in [-0.2, -0.15) is 0 Å². The lowest BCUT2D eigenvalue weighted by Crippen LogP contribution is -2.61. The molecule has 119 heavy (non-hydrogen) atoms. The summed E-state index contributed by atoms with van der Waals surface area (Å²) in [7, 11) is 0.573. The van der Waals surface area contributed by atoms with E-state index in [-0.39, 0.29) is 71.4 Å². The van der Waals surface area contributed by atoms with Crippen molar-refractivity contribution in [3.8, 4) is 28.4 Å². The monoisotopic (exact) mass is 1650 g/mol. The Bertz CT molecular complexity index is 4970. The van der Waals surface area contributed by atoms with E-state index in [0.717, 1.165) is 21.9 Å². The van der Waals surface area contributed by atoms with Gasteiger partial charge in [0.1, 0.15) is 84.5 Å². The van der Waals surface area contributed by atoms with Crippen molar-refractivity contribution in [2.75, 3.05) is 47.5 Å². The Balaban J connectivity index is 0.926. The number of nitrogens with zero attached hydrogens (tertiary/aromatic N) is 5. The number of methoxy groups -OCH3 is 1. The first-order valence-electron chi connectivity index (χ1n) is 40.0. The standard InChI is InChI=1S/C87H108N14O17S/c1-51(88-9)76(102)94-74(86(3,4)5)83(109)99-48-62-45-72(99)81(107)92-69(43-56-23-30-57-17-12-13-18-59(57)39-56)79(105)93-71(85(111)112)42-55-24-31-63(32-25-55)116-37-14-15-38-117-66-46-73(100(49-66)84(110)75(87(6,7)8)95-77(103)52(2)89-10)82(108)91-68(40-53-21-28-58(29-22-53)60-19-16-20-65(44-60)115-11)78(104)90-70(80(106)97-119(113,114)67-35-36-67)41-54-26-33-64(34-27-54)118-50-61-47-101(62)98-96-61/h12-34,39,44,47,51-52,62,66-75,88-89H,35-38,40-43,45-46,48-50H2,1-11H3,(H,90,104)(H,91,108)(H,92,107)(H,93,105)(H,94,102)(H,95,103)(H,97,106)(H,111,112)/b15-14+/t51-,52-,62-,66?,68-,69-,70?,71-,72-,73?,74+,75+/m0/s1. The third-order valence-electron chi connectivity index (χ3n) is 21.9. The summed E-state index contributed by atoms with van der Waals surface area (Å²) in [5, 5.41) is 43.4. The number of likely N-dealkylation sites (N-methyl/N-ethyl adjacent to an activating group) is 2. The van der Waals surface area contributed by atoms with Crippen molar-refractivity contribution in [3.63, 3.8) is 0 Å². The molecule has 9 amide bonds. The van der Waals surface area contributed by atoms with Gasteiger partial charge in [-0.3, -0.25) is 47.9 Å². The second-order valence-corrected chi connectivity index (χ2v) is 35.0. The highest BCUT2D eigenvalue weighted by atomic mass is 32.2. The van der Waals surface area contributed by atoms with Crippen LogP contribution in [0.3, 0.4) is 0 Å². The van der Waals surface area contributed by atoms with Crippen LogP contribution in [-0.4, -0.2) is 217 Å². The molecule has 0 spiro atoms. The molecule has 3 fully saturated rings. The summed E-state index contributed by atoms with van der Waals surface area (Å²) in [5.41, 5.74) is 2.29. The number of hydrogen-bond acceptors (Lipinski definition) is 20. The van der Waals surface area contributed by atoms with Crippen molar-refractivity contribution in [2.45, 2.75) is 191 Å².